The van der Waals surface area contributed by atoms with E-state index in [1.165, 1.54) is 18.1 Å². The molecule has 1 N–H and O–H groups in total. The van der Waals surface area contributed by atoms with Crippen LogP contribution < -0.4 is 5.32 Å². The summed E-state index contributed by atoms with van der Waals surface area (Å²) in [5, 5.41) is 16.4. The molecule has 3 rings (SSSR count). The predicted octanol–water partition coefficient (Wildman–Crippen LogP) is 2.34. The molecule has 0 bridgehead atoms. The van der Waals surface area contributed by atoms with Crippen LogP contribution in [-0.4, -0.2) is 19.7 Å². The lowest BCUT2D eigenvalue weighted by Gasteiger charge is -2.03. The SMILES string of the molecule is N#Cc1cncnc1Nc1cnn(Cc2ccccc2)c1. The molecule has 0 aliphatic rings. The van der Waals surface area contributed by atoms with Gasteiger partial charge in [0.2, 0.25) is 0 Å². The fourth-order valence-corrected chi connectivity index (χ4v) is 1.93. The second kappa shape index (κ2) is 5.84. The maximum Gasteiger partial charge on any atom is 0.151 e. The Morgan fingerprint density at radius 3 is 2.86 bits per heavy atom. The topological polar surface area (TPSA) is 79.4 Å². The van der Waals surface area contributed by atoms with Gasteiger partial charge in [0, 0.05) is 6.20 Å². The second-order valence-corrected chi connectivity index (χ2v) is 4.43. The van der Waals surface area contributed by atoms with E-state index in [0.717, 1.165) is 5.69 Å². The molecular weight excluding hydrogens is 264 g/mol. The number of benzene rings is 1. The van der Waals surface area contributed by atoms with Crippen molar-refractivity contribution in [3.05, 3.63) is 66.4 Å². The third kappa shape index (κ3) is 3.04. The normalized spacial score (nSPS) is 10.0. The summed E-state index contributed by atoms with van der Waals surface area (Å²) >= 11 is 0. The lowest BCUT2D eigenvalue weighted by atomic mass is 10.2. The number of nitrogens with one attached hydrogen (secondary N) is 1. The molecule has 0 atom stereocenters. The summed E-state index contributed by atoms with van der Waals surface area (Å²) in [5.74, 6) is 0.478. The molecule has 6 heteroatoms. The highest BCUT2D eigenvalue weighted by molar-refractivity contribution is 5.60. The highest BCUT2D eigenvalue weighted by Gasteiger charge is 2.05. The zero-order chi connectivity index (χ0) is 14.5. The van der Waals surface area contributed by atoms with Crippen LogP contribution in [0, 0.1) is 11.3 Å². The molecule has 21 heavy (non-hydrogen) atoms. The molecule has 0 radical (unpaired) electrons. The van der Waals surface area contributed by atoms with Gasteiger partial charge in [-0.2, -0.15) is 10.4 Å². The zero-order valence-electron chi connectivity index (χ0n) is 11.1. The number of rotatable bonds is 4. The molecule has 0 aliphatic heterocycles. The molecule has 0 amide bonds. The predicted molar refractivity (Wildman–Crippen MR) is 77.8 cm³/mol. The first-order chi connectivity index (χ1) is 10.3. The molecule has 3 aromatic rings. The van der Waals surface area contributed by atoms with Crippen LogP contribution in [0.2, 0.25) is 0 Å². The summed E-state index contributed by atoms with van der Waals surface area (Å²) in [6.07, 6.45) is 6.45. The van der Waals surface area contributed by atoms with Gasteiger partial charge in [-0.25, -0.2) is 9.97 Å². The van der Waals surface area contributed by atoms with Crippen LogP contribution in [0.4, 0.5) is 11.5 Å². The molecule has 0 unspecified atom stereocenters. The largest absolute Gasteiger partial charge is 0.336 e. The first-order valence-corrected chi connectivity index (χ1v) is 6.38. The Morgan fingerprint density at radius 1 is 1.19 bits per heavy atom. The van der Waals surface area contributed by atoms with Gasteiger partial charge in [0.05, 0.1) is 24.6 Å². The van der Waals surface area contributed by atoms with Gasteiger partial charge < -0.3 is 5.32 Å². The van der Waals surface area contributed by atoms with Gasteiger partial charge in [0.15, 0.2) is 5.82 Å². The van der Waals surface area contributed by atoms with E-state index >= 15 is 0 Å². The summed E-state index contributed by atoms with van der Waals surface area (Å²) in [5.41, 5.74) is 2.35. The fraction of sp³-hybridized carbons (Fsp3) is 0.0667. The lowest BCUT2D eigenvalue weighted by molar-refractivity contribution is 0.687. The first kappa shape index (κ1) is 12.8. The van der Waals surface area contributed by atoms with Gasteiger partial charge >= 0.3 is 0 Å². The van der Waals surface area contributed by atoms with Crippen molar-refractivity contribution in [1.29, 1.82) is 5.26 Å². The van der Waals surface area contributed by atoms with E-state index in [1.54, 1.807) is 6.20 Å². The second-order valence-electron chi connectivity index (χ2n) is 4.43. The van der Waals surface area contributed by atoms with Crippen molar-refractivity contribution >= 4 is 11.5 Å². The van der Waals surface area contributed by atoms with Crippen molar-refractivity contribution in [2.75, 3.05) is 5.32 Å². The van der Waals surface area contributed by atoms with Crippen LogP contribution in [0.3, 0.4) is 0 Å². The molecule has 0 fully saturated rings. The number of hydrogen-bond acceptors (Lipinski definition) is 5. The van der Waals surface area contributed by atoms with Crippen LogP contribution in [-0.2, 0) is 6.54 Å². The number of hydrogen-bond donors (Lipinski definition) is 1. The minimum atomic E-state index is 0.397. The Balaban J connectivity index is 1.75. The van der Waals surface area contributed by atoms with Crippen molar-refractivity contribution in [2.45, 2.75) is 6.54 Å². The number of anilines is 2. The summed E-state index contributed by atoms with van der Waals surface area (Å²) in [7, 11) is 0. The lowest BCUT2D eigenvalue weighted by Crippen LogP contribution is -1.99. The van der Waals surface area contributed by atoms with Gasteiger partial charge in [-0.05, 0) is 5.56 Å². The molecule has 102 valence electrons. The first-order valence-electron chi connectivity index (χ1n) is 6.38. The molecule has 0 aliphatic carbocycles. The van der Waals surface area contributed by atoms with Gasteiger partial charge in [-0.1, -0.05) is 30.3 Å². The Labute approximate surface area is 121 Å². The van der Waals surface area contributed by atoms with Crippen LogP contribution >= 0.6 is 0 Å². The van der Waals surface area contributed by atoms with Crippen molar-refractivity contribution in [2.24, 2.45) is 0 Å². The van der Waals surface area contributed by atoms with E-state index in [9.17, 15) is 0 Å². The van der Waals surface area contributed by atoms with E-state index < -0.39 is 0 Å². The summed E-state index contributed by atoms with van der Waals surface area (Å²) in [6.45, 7) is 0.692. The number of aromatic nitrogens is 4. The maximum atomic E-state index is 9.01. The minimum absolute atomic E-state index is 0.397. The molecular formula is C15H12N6. The van der Waals surface area contributed by atoms with E-state index in [0.29, 0.717) is 17.9 Å². The Bertz CT molecular complexity index is 772. The standard InChI is InChI=1S/C15H12N6/c16-6-13-7-17-11-18-15(13)20-14-8-19-21(10-14)9-12-4-2-1-3-5-12/h1-5,7-8,10-11H,9H2,(H,17,18,20). The molecule has 0 saturated heterocycles. The maximum absolute atomic E-state index is 9.01. The third-order valence-corrected chi connectivity index (χ3v) is 2.92. The number of nitriles is 1. The van der Waals surface area contributed by atoms with Crippen molar-refractivity contribution in [3.63, 3.8) is 0 Å². The number of nitrogens with zero attached hydrogens (tertiary/aromatic N) is 5. The van der Waals surface area contributed by atoms with Gasteiger partial charge in [0.1, 0.15) is 18.0 Å². The smallest absolute Gasteiger partial charge is 0.151 e. The Morgan fingerprint density at radius 2 is 2.05 bits per heavy atom. The van der Waals surface area contributed by atoms with Gasteiger partial charge in [-0.3, -0.25) is 4.68 Å². The molecule has 0 saturated carbocycles. The molecule has 1 aromatic carbocycles. The molecule has 0 spiro atoms. The average Bonchev–Trinajstić information content (AvgIpc) is 2.96. The van der Waals surface area contributed by atoms with E-state index in [2.05, 4.69) is 20.4 Å². The Hall–Kier alpha value is -3.20. The summed E-state index contributed by atoms with van der Waals surface area (Å²) in [6, 6.07) is 12.1. The fourth-order valence-electron chi connectivity index (χ4n) is 1.93. The van der Waals surface area contributed by atoms with Crippen molar-refractivity contribution in [1.82, 2.24) is 19.7 Å². The third-order valence-electron chi connectivity index (χ3n) is 2.92. The van der Waals surface area contributed by atoms with Crippen LogP contribution in [0.1, 0.15) is 11.1 Å². The highest BCUT2D eigenvalue weighted by Crippen LogP contribution is 2.16. The molecule has 2 aromatic heterocycles. The van der Waals surface area contributed by atoms with Crippen LogP contribution in [0.25, 0.3) is 0 Å². The monoisotopic (exact) mass is 276 g/mol. The van der Waals surface area contributed by atoms with Crippen LogP contribution in [0.5, 0.6) is 0 Å². The zero-order valence-corrected chi connectivity index (χ0v) is 11.1. The average molecular weight is 276 g/mol. The minimum Gasteiger partial charge on any atom is -0.336 e. The summed E-state index contributed by atoms with van der Waals surface area (Å²) in [4.78, 5) is 7.88. The van der Waals surface area contributed by atoms with E-state index in [-0.39, 0.29) is 0 Å². The van der Waals surface area contributed by atoms with Crippen LogP contribution in [0.15, 0.2) is 55.2 Å². The van der Waals surface area contributed by atoms with E-state index in [1.807, 2.05) is 47.3 Å². The quantitative estimate of drug-likeness (QED) is 0.791. The van der Waals surface area contributed by atoms with Crippen molar-refractivity contribution in [3.8, 4) is 6.07 Å². The molecule has 2 heterocycles. The van der Waals surface area contributed by atoms with E-state index in [4.69, 9.17) is 5.26 Å². The van der Waals surface area contributed by atoms with Gasteiger partial charge in [0.25, 0.3) is 0 Å². The van der Waals surface area contributed by atoms with Crippen molar-refractivity contribution < 1.29 is 0 Å². The highest BCUT2D eigenvalue weighted by atomic mass is 15.3. The van der Waals surface area contributed by atoms with Gasteiger partial charge in [-0.15, -0.1) is 0 Å². The molecule has 6 nitrogen and oxygen atoms in total. The Kier molecular flexibility index (Phi) is 3.56. The summed E-state index contributed by atoms with van der Waals surface area (Å²) < 4.78 is 1.82.